The van der Waals surface area contributed by atoms with E-state index in [9.17, 15) is 9.59 Å². The van der Waals surface area contributed by atoms with Crippen LogP contribution in [0.5, 0.6) is 0 Å². The molecule has 0 radical (unpaired) electrons. The SMILES string of the molecule is Cc1c(N2CCC(C(N)c3cccnc3)C2)c(F)cn2c(=O)[nH]c(=O)c(C3CC3)c12. The summed E-state index contributed by atoms with van der Waals surface area (Å²) in [5.41, 5.74) is 8.70. The molecule has 2 atom stereocenters. The first-order valence-corrected chi connectivity index (χ1v) is 10.3. The second kappa shape index (κ2) is 7.05. The molecule has 2 fully saturated rings. The average Bonchev–Trinajstić information content (AvgIpc) is 3.45. The minimum Gasteiger partial charge on any atom is -0.368 e. The highest BCUT2D eigenvalue weighted by atomic mass is 19.1. The summed E-state index contributed by atoms with van der Waals surface area (Å²) in [6.45, 7) is 3.07. The number of aromatic amines is 1. The quantitative estimate of drug-likeness (QED) is 0.689. The van der Waals surface area contributed by atoms with E-state index in [1.165, 1.54) is 10.6 Å². The van der Waals surface area contributed by atoms with Crippen molar-refractivity contribution in [1.82, 2.24) is 14.4 Å². The monoisotopic (exact) mass is 409 g/mol. The van der Waals surface area contributed by atoms with Crippen LogP contribution in [0.2, 0.25) is 0 Å². The van der Waals surface area contributed by atoms with Crippen LogP contribution in [0.25, 0.3) is 5.52 Å². The maximum Gasteiger partial charge on any atom is 0.333 e. The standard InChI is InChI=1S/C22H24FN5O2/c1-12-19(27-8-6-15(10-27)18(24)14-3-2-7-25-9-14)16(23)11-28-20(12)17(13-4-5-13)21(29)26-22(28)30/h2-3,7,9,11,13,15,18H,4-6,8,10,24H2,1H3,(H,26,29,30). The highest BCUT2D eigenvalue weighted by Gasteiger charge is 2.34. The zero-order chi connectivity index (χ0) is 21.0. The Hall–Kier alpha value is -3.00. The van der Waals surface area contributed by atoms with Gasteiger partial charge in [0.25, 0.3) is 5.56 Å². The zero-order valence-corrected chi connectivity index (χ0v) is 16.8. The van der Waals surface area contributed by atoms with Crippen molar-refractivity contribution in [3.63, 3.8) is 0 Å². The zero-order valence-electron chi connectivity index (χ0n) is 16.8. The third-order valence-corrected chi connectivity index (χ3v) is 6.46. The minimum absolute atomic E-state index is 0.131. The van der Waals surface area contributed by atoms with Gasteiger partial charge in [-0.05, 0) is 49.7 Å². The number of rotatable bonds is 4. The van der Waals surface area contributed by atoms with Crippen molar-refractivity contribution in [1.29, 1.82) is 0 Å². The summed E-state index contributed by atoms with van der Waals surface area (Å²) in [5, 5.41) is 0. The predicted octanol–water partition coefficient (Wildman–Crippen LogP) is 2.23. The Morgan fingerprint density at radius 1 is 1.30 bits per heavy atom. The average molecular weight is 409 g/mol. The van der Waals surface area contributed by atoms with Gasteiger partial charge in [-0.15, -0.1) is 0 Å². The van der Waals surface area contributed by atoms with Crippen molar-refractivity contribution in [3.05, 3.63) is 74.1 Å². The van der Waals surface area contributed by atoms with Crippen LogP contribution in [-0.2, 0) is 0 Å². The summed E-state index contributed by atoms with van der Waals surface area (Å²) in [4.78, 5) is 33.3. The molecule has 0 spiro atoms. The van der Waals surface area contributed by atoms with Gasteiger partial charge < -0.3 is 10.6 Å². The number of H-pyrrole nitrogens is 1. The molecule has 0 bridgehead atoms. The summed E-state index contributed by atoms with van der Waals surface area (Å²) in [6.07, 6.45) is 7.35. The van der Waals surface area contributed by atoms with E-state index in [1.54, 1.807) is 19.3 Å². The van der Waals surface area contributed by atoms with Crippen LogP contribution in [0.1, 0.15) is 47.9 Å². The van der Waals surface area contributed by atoms with Gasteiger partial charge in [0.15, 0.2) is 5.82 Å². The molecule has 1 saturated carbocycles. The van der Waals surface area contributed by atoms with Gasteiger partial charge in [0.05, 0.1) is 17.4 Å². The molecule has 1 saturated heterocycles. The molecule has 30 heavy (non-hydrogen) atoms. The molecule has 3 aromatic rings. The molecule has 1 aliphatic heterocycles. The van der Waals surface area contributed by atoms with Crippen molar-refractivity contribution in [2.45, 2.75) is 38.1 Å². The molecule has 2 aliphatic rings. The molecular formula is C22H24FN5O2. The van der Waals surface area contributed by atoms with Crippen molar-refractivity contribution >= 4 is 11.2 Å². The van der Waals surface area contributed by atoms with Crippen molar-refractivity contribution < 1.29 is 4.39 Å². The van der Waals surface area contributed by atoms with Crippen molar-refractivity contribution in [2.24, 2.45) is 11.7 Å². The Morgan fingerprint density at radius 2 is 2.10 bits per heavy atom. The first-order valence-electron chi connectivity index (χ1n) is 10.3. The Kier molecular flexibility index (Phi) is 4.47. The van der Waals surface area contributed by atoms with E-state index in [4.69, 9.17) is 5.73 Å². The van der Waals surface area contributed by atoms with Crippen molar-refractivity contribution in [3.8, 4) is 0 Å². The second-order valence-corrected chi connectivity index (χ2v) is 8.42. The molecule has 0 amide bonds. The van der Waals surface area contributed by atoms with Crippen LogP contribution in [0.15, 0.2) is 40.3 Å². The third-order valence-electron chi connectivity index (χ3n) is 6.46. The fourth-order valence-corrected chi connectivity index (χ4v) is 4.80. The van der Waals surface area contributed by atoms with E-state index in [2.05, 4.69) is 9.97 Å². The van der Waals surface area contributed by atoms with Crippen LogP contribution in [0.3, 0.4) is 0 Å². The van der Waals surface area contributed by atoms with Gasteiger partial charge in [-0.1, -0.05) is 6.07 Å². The fourth-order valence-electron chi connectivity index (χ4n) is 4.80. The predicted molar refractivity (Wildman–Crippen MR) is 112 cm³/mol. The number of aromatic nitrogens is 3. The number of aryl methyl sites for hydroxylation is 1. The van der Waals surface area contributed by atoms with Gasteiger partial charge in [0, 0.05) is 42.7 Å². The maximum atomic E-state index is 15.2. The van der Waals surface area contributed by atoms with Crippen LogP contribution in [0, 0.1) is 18.7 Å². The van der Waals surface area contributed by atoms with Crippen LogP contribution in [-0.4, -0.2) is 27.5 Å². The third kappa shape index (κ3) is 3.02. The summed E-state index contributed by atoms with van der Waals surface area (Å²) >= 11 is 0. The van der Waals surface area contributed by atoms with E-state index in [0.29, 0.717) is 35.4 Å². The largest absolute Gasteiger partial charge is 0.368 e. The molecule has 3 N–H and O–H groups in total. The molecule has 1 aliphatic carbocycles. The Labute approximate surface area is 172 Å². The minimum atomic E-state index is -0.606. The fraction of sp³-hybridized carbons (Fsp3) is 0.409. The molecular weight excluding hydrogens is 385 g/mol. The molecule has 5 rings (SSSR count). The molecule has 7 nitrogen and oxygen atoms in total. The lowest BCUT2D eigenvalue weighted by Crippen LogP contribution is -2.31. The number of pyridine rings is 2. The summed E-state index contributed by atoms with van der Waals surface area (Å²) in [6, 6.07) is 3.65. The molecule has 156 valence electrons. The number of hydrogen-bond acceptors (Lipinski definition) is 5. The van der Waals surface area contributed by atoms with Crippen LogP contribution in [0.4, 0.5) is 10.1 Å². The summed E-state index contributed by atoms with van der Waals surface area (Å²) in [5.74, 6) is -0.174. The normalized spacial score (nSPS) is 20.1. The smallest absolute Gasteiger partial charge is 0.333 e. The highest BCUT2D eigenvalue weighted by molar-refractivity contribution is 5.72. The summed E-state index contributed by atoms with van der Waals surface area (Å²) < 4.78 is 16.4. The molecule has 3 aromatic heterocycles. The van der Waals surface area contributed by atoms with Gasteiger partial charge in [-0.25, -0.2) is 9.18 Å². The first-order chi connectivity index (χ1) is 14.5. The number of nitrogens with one attached hydrogen (secondary N) is 1. The second-order valence-electron chi connectivity index (χ2n) is 8.42. The number of fused-ring (bicyclic) bond motifs is 1. The van der Waals surface area contributed by atoms with E-state index >= 15 is 4.39 Å². The molecule has 2 unspecified atom stereocenters. The van der Waals surface area contributed by atoms with Gasteiger partial charge >= 0.3 is 5.69 Å². The van der Waals surface area contributed by atoms with Gasteiger partial charge in [0.2, 0.25) is 0 Å². The van der Waals surface area contributed by atoms with E-state index in [0.717, 1.165) is 24.8 Å². The van der Waals surface area contributed by atoms with Crippen LogP contribution < -0.4 is 21.9 Å². The number of nitrogens with zero attached hydrogens (tertiary/aromatic N) is 3. The molecule has 8 heteroatoms. The molecule has 4 heterocycles. The first kappa shape index (κ1) is 19.0. The summed E-state index contributed by atoms with van der Waals surface area (Å²) in [7, 11) is 0. The topological polar surface area (TPSA) is 96.5 Å². The molecule has 0 aromatic carbocycles. The van der Waals surface area contributed by atoms with E-state index in [1.807, 2.05) is 17.0 Å². The Bertz CT molecular complexity index is 1230. The number of hydrogen-bond donors (Lipinski definition) is 2. The number of anilines is 1. The van der Waals surface area contributed by atoms with Gasteiger partial charge in [0.1, 0.15) is 0 Å². The lowest BCUT2D eigenvalue weighted by molar-refractivity contribution is 0.473. The number of nitrogens with two attached hydrogens (primary N) is 1. The Balaban J connectivity index is 1.56. The lowest BCUT2D eigenvalue weighted by Gasteiger charge is -2.25. The van der Waals surface area contributed by atoms with Gasteiger partial charge in [-0.2, -0.15) is 0 Å². The highest BCUT2D eigenvalue weighted by Crippen LogP contribution is 2.42. The Morgan fingerprint density at radius 3 is 2.80 bits per heavy atom. The van der Waals surface area contributed by atoms with Crippen molar-refractivity contribution in [2.75, 3.05) is 18.0 Å². The van der Waals surface area contributed by atoms with E-state index in [-0.39, 0.29) is 23.4 Å². The van der Waals surface area contributed by atoms with E-state index < -0.39 is 11.5 Å². The number of halogens is 1. The lowest BCUT2D eigenvalue weighted by atomic mass is 9.94. The maximum absolute atomic E-state index is 15.2. The van der Waals surface area contributed by atoms with Crippen LogP contribution >= 0.6 is 0 Å². The van der Waals surface area contributed by atoms with Gasteiger partial charge in [-0.3, -0.25) is 19.2 Å².